The summed E-state index contributed by atoms with van der Waals surface area (Å²) in [5, 5.41) is 17.2. The summed E-state index contributed by atoms with van der Waals surface area (Å²) in [6.45, 7) is 7.27. The molecule has 0 aliphatic heterocycles. The van der Waals surface area contributed by atoms with Crippen molar-refractivity contribution in [2.24, 2.45) is 0 Å². The molecule has 1 heterocycles. The fourth-order valence-corrected chi connectivity index (χ4v) is 2.06. The van der Waals surface area contributed by atoms with Crippen LogP contribution in [-0.2, 0) is 6.54 Å². The third kappa shape index (κ3) is 3.92. The van der Waals surface area contributed by atoms with Crippen molar-refractivity contribution in [3.63, 3.8) is 0 Å². The molecule has 4 heteroatoms. The Morgan fingerprint density at radius 1 is 1.20 bits per heavy atom. The number of aromatic nitrogens is 1. The minimum Gasteiger partial charge on any atom is -0.387 e. The van der Waals surface area contributed by atoms with Crippen molar-refractivity contribution in [3.8, 4) is 0 Å². The van der Waals surface area contributed by atoms with E-state index in [1.165, 1.54) is 5.56 Å². The lowest BCUT2D eigenvalue weighted by atomic mass is 10.00. The lowest BCUT2D eigenvalue weighted by Crippen LogP contribution is -2.21. The lowest BCUT2D eigenvalue weighted by molar-refractivity contribution is 0.174. The summed E-state index contributed by atoms with van der Waals surface area (Å²) in [5.41, 5.74) is 3.06. The number of aliphatic hydroxyl groups is 1. The molecular formula is C16H22N2O2. The highest BCUT2D eigenvalue weighted by atomic mass is 16.5. The molecule has 2 aromatic rings. The highest BCUT2D eigenvalue weighted by Crippen LogP contribution is 2.18. The van der Waals surface area contributed by atoms with Crippen LogP contribution in [-0.4, -0.2) is 16.8 Å². The first-order valence-electron chi connectivity index (χ1n) is 6.97. The number of aryl methyl sites for hydroxylation is 1. The van der Waals surface area contributed by atoms with Crippen LogP contribution < -0.4 is 5.32 Å². The van der Waals surface area contributed by atoms with Gasteiger partial charge in [0.05, 0.1) is 11.8 Å². The predicted octanol–water partition coefficient (Wildman–Crippen LogP) is 2.93. The average molecular weight is 274 g/mol. The number of hydrogen-bond donors (Lipinski definition) is 2. The molecule has 4 nitrogen and oxygen atoms in total. The van der Waals surface area contributed by atoms with Crippen molar-refractivity contribution >= 4 is 0 Å². The molecule has 0 saturated heterocycles. The van der Waals surface area contributed by atoms with E-state index >= 15 is 0 Å². The molecule has 1 atom stereocenters. The summed E-state index contributed by atoms with van der Waals surface area (Å²) in [6.07, 6.45) is -0.510. The van der Waals surface area contributed by atoms with Gasteiger partial charge in [-0.2, -0.15) is 0 Å². The number of nitrogens with zero attached hydrogens (tertiary/aromatic N) is 1. The molecule has 20 heavy (non-hydrogen) atoms. The van der Waals surface area contributed by atoms with Gasteiger partial charge in [-0.25, -0.2) is 0 Å². The van der Waals surface area contributed by atoms with Crippen LogP contribution in [0.1, 0.15) is 48.5 Å². The molecule has 2 N–H and O–H groups in total. The molecule has 0 aliphatic carbocycles. The number of hydrogen-bond acceptors (Lipinski definition) is 4. The summed E-state index contributed by atoms with van der Waals surface area (Å²) in [7, 11) is 0. The van der Waals surface area contributed by atoms with Gasteiger partial charge in [-0.1, -0.05) is 43.3 Å². The zero-order valence-electron chi connectivity index (χ0n) is 12.3. The molecular weight excluding hydrogens is 252 g/mol. The molecule has 0 saturated carbocycles. The second-order valence-electron chi connectivity index (χ2n) is 5.40. The van der Waals surface area contributed by atoms with Crippen molar-refractivity contribution in [2.75, 3.05) is 6.54 Å². The van der Waals surface area contributed by atoms with Crippen LogP contribution in [0.25, 0.3) is 0 Å². The zero-order chi connectivity index (χ0) is 14.5. The van der Waals surface area contributed by atoms with Crippen LogP contribution >= 0.6 is 0 Å². The van der Waals surface area contributed by atoms with E-state index < -0.39 is 6.10 Å². The molecule has 0 spiro atoms. The van der Waals surface area contributed by atoms with E-state index in [-0.39, 0.29) is 0 Å². The monoisotopic (exact) mass is 274 g/mol. The van der Waals surface area contributed by atoms with E-state index in [0.29, 0.717) is 19.0 Å². The molecule has 1 aromatic carbocycles. The number of rotatable bonds is 6. The molecule has 1 aromatic heterocycles. The lowest BCUT2D eigenvalue weighted by Gasteiger charge is -2.13. The van der Waals surface area contributed by atoms with Crippen molar-refractivity contribution in [1.29, 1.82) is 0 Å². The van der Waals surface area contributed by atoms with Crippen molar-refractivity contribution in [2.45, 2.75) is 39.3 Å². The van der Waals surface area contributed by atoms with Gasteiger partial charge in [-0.15, -0.1) is 0 Å². The van der Waals surface area contributed by atoms with Crippen LogP contribution in [0.2, 0.25) is 0 Å². The third-order valence-electron chi connectivity index (χ3n) is 3.31. The van der Waals surface area contributed by atoms with Gasteiger partial charge in [-0.3, -0.25) is 0 Å². The molecule has 0 amide bonds. The predicted molar refractivity (Wildman–Crippen MR) is 78.4 cm³/mol. The van der Waals surface area contributed by atoms with Gasteiger partial charge in [0.15, 0.2) is 0 Å². The smallest absolute Gasteiger partial charge is 0.133 e. The molecule has 0 aliphatic rings. The first-order valence-corrected chi connectivity index (χ1v) is 6.97. The molecule has 2 rings (SSSR count). The second-order valence-corrected chi connectivity index (χ2v) is 5.40. The number of benzene rings is 1. The normalized spacial score (nSPS) is 12.8. The Morgan fingerprint density at radius 2 is 1.85 bits per heavy atom. The largest absolute Gasteiger partial charge is 0.387 e. The fraction of sp³-hybridized carbons (Fsp3) is 0.438. The average Bonchev–Trinajstić information content (AvgIpc) is 2.84. The van der Waals surface area contributed by atoms with E-state index in [0.717, 1.165) is 17.0 Å². The van der Waals surface area contributed by atoms with Crippen molar-refractivity contribution in [3.05, 3.63) is 52.9 Å². The maximum absolute atomic E-state index is 10.1. The standard InChI is InChI=1S/C16H22N2O2/c1-11(2)13-4-6-14(7-5-13)16(19)10-17-9-15-8-12(3)20-18-15/h4-8,11,16-17,19H,9-10H2,1-3H3. The third-order valence-corrected chi connectivity index (χ3v) is 3.31. The molecule has 0 fully saturated rings. The minimum atomic E-state index is -0.510. The van der Waals surface area contributed by atoms with E-state index in [1.807, 2.05) is 25.1 Å². The Hall–Kier alpha value is -1.65. The molecule has 108 valence electrons. The summed E-state index contributed by atoms with van der Waals surface area (Å²) in [4.78, 5) is 0. The van der Waals surface area contributed by atoms with Gasteiger partial charge >= 0.3 is 0 Å². The van der Waals surface area contributed by atoms with Gasteiger partial charge in [0, 0.05) is 19.2 Å². The van der Waals surface area contributed by atoms with Crippen LogP contribution in [0, 0.1) is 6.92 Å². The Balaban J connectivity index is 1.83. The summed E-state index contributed by atoms with van der Waals surface area (Å²) >= 11 is 0. The first-order chi connectivity index (χ1) is 9.56. The Morgan fingerprint density at radius 3 is 2.40 bits per heavy atom. The van der Waals surface area contributed by atoms with Crippen molar-refractivity contribution in [1.82, 2.24) is 10.5 Å². The van der Waals surface area contributed by atoms with Gasteiger partial charge in [-0.05, 0) is 24.0 Å². The van der Waals surface area contributed by atoms with Gasteiger partial charge in [0.2, 0.25) is 0 Å². The minimum absolute atomic E-state index is 0.493. The van der Waals surface area contributed by atoms with E-state index in [1.54, 1.807) is 0 Å². The quantitative estimate of drug-likeness (QED) is 0.850. The van der Waals surface area contributed by atoms with E-state index in [4.69, 9.17) is 4.52 Å². The van der Waals surface area contributed by atoms with Gasteiger partial charge < -0.3 is 14.9 Å². The maximum Gasteiger partial charge on any atom is 0.133 e. The van der Waals surface area contributed by atoms with Crippen LogP contribution in [0.5, 0.6) is 0 Å². The van der Waals surface area contributed by atoms with E-state index in [9.17, 15) is 5.11 Å². The zero-order valence-corrected chi connectivity index (χ0v) is 12.3. The topological polar surface area (TPSA) is 58.3 Å². The Kier molecular flexibility index (Phi) is 4.93. The van der Waals surface area contributed by atoms with Gasteiger partial charge in [0.1, 0.15) is 5.76 Å². The summed E-state index contributed by atoms with van der Waals surface area (Å²) in [6, 6.07) is 10.0. The SMILES string of the molecule is Cc1cc(CNCC(O)c2ccc(C(C)C)cc2)no1. The Bertz CT molecular complexity index is 532. The van der Waals surface area contributed by atoms with Crippen LogP contribution in [0.4, 0.5) is 0 Å². The summed E-state index contributed by atoms with van der Waals surface area (Å²) in [5.74, 6) is 1.31. The molecule has 0 bridgehead atoms. The second kappa shape index (κ2) is 6.68. The van der Waals surface area contributed by atoms with Crippen LogP contribution in [0.15, 0.2) is 34.9 Å². The number of aliphatic hydroxyl groups excluding tert-OH is 1. The highest BCUT2D eigenvalue weighted by molar-refractivity contribution is 5.26. The molecule has 1 unspecified atom stereocenters. The summed E-state index contributed by atoms with van der Waals surface area (Å²) < 4.78 is 4.99. The number of nitrogens with one attached hydrogen (secondary N) is 1. The maximum atomic E-state index is 10.1. The highest BCUT2D eigenvalue weighted by Gasteiger charge is 2.08. The van der Waals surface area contributed by atoms with Crippen molar-refractivity contribution < 1.29 is 9.63 Å². The van der Waals surface area contributed by atoms with Crippen LogP contribution in [0.3, 0.4) is 0 Å². The fourth-order valence-electron chi connectivity index (χ4n) is 2.06. The van der Waals surface area contributed by atoms with E-state index in [2.05, 4.69) is 36.5 Å². The Labute approximate surface area is 119 Å². The molecule has 0 radical (unpaired) electrons. The van der Waals surface area contributed by atoms with Gasteiger partial charge in [0.25, 0.3) is 0 Å². The first kappa shape index (κ1) is 14.8.